The molecule has 23 heavy (non-hydrogen) atoms. The normalized spacial score (nSPS) is 19.3. The van der Waals surface area contributed by atoms with Crippen molar-refractivity contribution in [3.05, 3.63) is 29.3 Å². The van der Waals surface area contributed by atoms with Gasteiger partial charge in [-0.05, 0) is 61.5 Å². The van der Waals surface area contributed by atoms with E-state index in [0.29, 0.717) is 11.0 Å². The zero-order valence-electron chi connectivity index (χ0n) is 16.3. The Kier molecular flexibility index (Phi) is 5.81. The van der Waals surface area contributed by atoms with Gasteiger partial charge in [0, 0.05) is 17.8 Å². The van der Waals surface area contributed by atoms with Gasteiger partial charge in [-0.3, -0.25) is 0 Å². The fraction of sp³-hybridized carbons (Fsp3) is 0.727. The van der Waals surface area contributed by atoms with Crippen molar-refractivity contribution in [2.24, 2.45) is 5.41 Å². The summed E-state index contributed by atoms with van der Waals surface area (Å²) in [6.45, 7) is 15.5. The molecule has 1 nitrogen and oxygen atoms in total. The van der Waals surface area contributed by atoms with Crippen molar-refractivity contribution >= 4 is 5.69 Å². The van der Waals surface area contributed by atoms with E-state index in [-0.39, 0.29) is 0 Å². The van der Waals surface area contributed by atoms with E-state index in [1.54, 1.807) is 16.8 Å². The maximum absolute atomic E-state index is 2.84. The van der Waals surface area contributed by atoms with E-state index < -0.39 is 0 Å². The van der Waals surface area contributed by atoms with Crippen molar-refractivity contribution in [2.75, 3.05) is 11.4 Å². The summed E-state index contributed by atoms with van der Waals surface area (Å²) >= 11 is 0. The maximum atomic E-state index is 2.84. The van der Waals surface area contributed by atoms with Gasteiger partial charge in [0.1, 0.15) is 0 Å². The number of rotatable bonds is 7. The van der Waals surface area contributed by atoms with Crippen molar-refractivity contribution in [3.63, 3.8) is 0 Å². The van der Waals surface area contributed by atoms with Crippen LogP contribution in [-0.2, 0) is 12.8 Å². The summed E-state index contributed by atoms with van der Waals surface area (Å²) in [5.41, 5.74) is 5.50. The Morgan fingerprint density at radius 2 is 1.35 bits per heavy atom. The molecule has 1 fully saturated rings. The molecular weight excluding hydrogens is 278 g/mol. The first kappa shape index (κ1) is 18.4. The van der Waals surface area contributed by atoms with E-state index in [0.717, 1.165) is 12.8 Å². The molecule has 130 valence electrons. The molecule has 0 N–H and O–H groups in total. The first-order valence-corrected chi connectivity index (χ1v) is 9.93. The van der Waals surface area contributed by atoms with Crippen LogP contribution in [-0.4, -0.2) is 12.1 Å². The summed E-state index contributed by atoms with van der Waals surface area (Å²) < 4.78 is 0. The highest BCUT2D eigenvalue weighted by atomic mass is 15.2. The Bertz CT molecular complexity index is 486. The number of aryl methyl sites for hydroxylation is 2. The molecule has 1 aliphatic rings. The lowest BCUT2D eigenvalue weighted by Gasteiger charge is -2.41. The molecule has 1 heterocycles. The topological polar surface area (TPSA) is 3.24 Å². The minimum atomic E-state index is 0.348. The van der Waals surface area contributed by atoms with Crippen LogP contribution in [0.5, 0.6) is 0 Å². The van der Waals surface area contributed by atoms with Crippen molar-refractivity contribution in [2.45, 2.75) is 92.0 Å². The van der Waals surface area contributed by atoms with E-state index in [1.165, 1.54) is 38.6 Å². The third-order valence-corrected chi connectivity index (χ3v) is 6.82. The standard InChI is InChI=1S/C22H37N/c1-7-18-14-13-15-19(8-2)20(18)23-17-21(9-3,10-4)16-22(23,11-5)12-6/h13-15H,7-12,16-17H2,1-6H3. The van der Waals surface area contributed by atoms with Gasteiger partial charge < -0.3 is 4.90 Å². The average Bonchev–Trinajstić information content (AvgIpc) is 2.96. The molecule has 1 aromatic carbocycles. The van der Waals surface area contributed by atoms with Crippen LogP contribution in [0, 0.1) is 5.41 Å². The SMILES string of the molecule is CCc1cccc(CC)c1N1CC(CC)(CC)CC1(CC)CC. The second kappa shape index (κ2) is 7.28. The lowest BCUT2D eigenvalue weighted by Crippen LogP contribution is -2.44. The van der Waals surface area contributed by atoms with Crippen molar-refractivity contribution in [1.82, 2.24) is 0 Å². The lowest BCUT2D eigenvalue weighted by molar-refractivity contribution is 0.256. The quantitative estimate of drug-likeness (QED) is 0.563. The summed E-state index contributed by atoms with van der Waals surface area (Å²) in [7, 11) is 0. The summed E-state index contributed by atoms with van der Waals surface area (Å²) in [5.74, 6) is 0. The monoisotopic (exact) mass is 315 g/mol. The zero-order valence-corrected chi connectivity index (χ0v) is 16.3. The molecule has 0 aromatic heterocycles. The summed E-state index contributed by atoms with van der Waals surface area (Å²) in [5, 5.41) is 0. The molecule has 0 bridgehead atoms. The van der Waals surface area contributed by atoms with E-state index in [9.17, 15) is 0 Å². The fourth-order valence-electron chi connectivity index (χ4n) is 4.84. The second-order valence-corrected chi connectivity index (χ2v) is 7.53. The Hall–Kier alpha value is -0.980. The van der Waals surface area contributed by atoms with E-state index in [2.05, 4.69) is 64.6 Å². The fourth-order valence-corrected chi connectivity index (χ4v) is 4.84. The highest BCUT2D eigenvalue weighted by molar-refractivity contribution is 5.63. The molecule has 0 radical (unpaired) electrons. The summed E-state index contributed by atoms with van der Waals surface area (Å²) in [4.78, 5) is 2.84. The number of hydrogen-bond donors (Lipinski definition) is 0. The lowest BCUT2D eigenvalue weighted by atomic mass is 9.75. The smallest absolute Gasteiger partial charge is 0.0435 e. The van der Waals surface area contributed by atoms with Crippen LogP contribution in [0.2, 0.25) is 0 Å². The molecule has 1 saturated heterocycles. The van der Waals surface area contributed by atoms with E-state index in [4.69, 9.17) is 0 Å². The van der Waals surface area contributed by atoms with Crippen LogP contribution in [0.15, 0.2) is 18.2 Å². The molecule has 0 unspecified atom stereocenters. The van der Waals surface area contributed by atoms with Crippen LogP contribution in [0.25, 0.3) is 0 Å². The predicted molar refractivity (Wildman–Crippen MR) is 103 cm³/mol. The predicted octanol–water partition coefficient (Wildman–Crippen LogP) is 6.39. The van der Waals surface area contributed by atoms with Crippen LogP contribution in [0.1, 0.15) is 84.8 Å². The van der Waals surface area contributed by atoms with Crippen LogP contribution in [0.3, 0.4) is 0 Å². The third kappa shape index (κ3) is 3.04. The molecule has 0 saturated carbocycles. The second-order valence-electron chi connectivity index (χ2n) is 7.53. The molecule has 0 spiro atoms. The van der Waals surface area contributed by atoms with Crippen LogP contribution >= 0.6 is 0 Å². The Labute approximate surface area is 144 Å². The molecular formula is C22H37N. The first-order valence-electron chi connectivity index (χ1n) is 9.93. The number of para-hydroxylation sites is 1. The van der Waals surface area contributed by atoms with Gasteiger partial charge in [-0.25, -0.2) is 0 Å². The van der Waals surface area contributed by atoms with Gasteiger partial charge in [-0.2, -0.15) is 0 Å². The number of nitrogens with zero attached hydrogens (tertiary/aromatic N) is 1. The zero-order chi connectivity index (χ0) is 17.1. The molecule has 0 aliphatic carbocycles. The minimum Gasteiger partial charge on any atom is -0.365 e. The summed E-state index contributed by atoms with van der Waals surface area (Å²) in [6.07, 6.45) is 8.75. The van der Waals surface area contributed by atoms with E-state index >= 15 is 0 Å². The number of hydrogen-bond acceptors (Lipinski definition) is 1. The largest absolute Gasteiger partial charge is 0.365 e. The maximum Gasteiger partial charge on any atom is 0.0435 e. The van der Waals surface area contributed by atoms with Crippen molar-refractivity contribution in [1.29, 1.82) is 0 Å². The minimum absolute atomic E-state index is 0.348. The molecule has 1 heteroatoms. The number of benzene rings is 1. The van der Waals surface area contributed by atoms with Gasteiger partial charge in [0.2, 0.25) is 0 Å². The highest BCUT2D eigenvalue weighted by Gasteiger charge is 2.50. The average molecular weight is 316 g/mol. The first-order chi connectivity index (χ1) is 11.0. The molecule has 2 rings (SSSR count). The Morgan fingerprint density at radius 3 is 1.74 bits per heavy atom. The van der Waals surface area contributed by atoms with Crippen molar-refractivity contribution < 1.29 is 0 Å². The highest BCUT2D eigenvalue weighted by Crippen LogP contribution is 2.52. The van der Waals surface area contributed by atoms with Crippen molar-refractivity contribution in [3.8, 4) is 0 Å². The van der Waals surface area contributed by atoms with Crippen LogP contribution < -0.4 is 4.90 Å². The molecule has 0 amide bonds. The van der Waals surface area contributed by atoms with Gasteiger partial charge in [0.15, 0.2) is 0 Å². The van der Waals surface area contributed by atoms with Gasteiger partial charge in [0.05, 0.1) is 0 Å². The molecule has 0 atom stereocenters. The third-order valence-electron chi connectivity index (χ3n) is 6.82. The van der Waals surface area contributed by atoms with Crippen LogP contribution in [0.4, 0.5) is 5.69 Å². The number of anilines is 1. The van der Waals surface area contributed by atoms with Gasteiger partial charge in [-0.15, -0.1) is 0 Å². The molecule has 1 aliphatic heterocycles. The Balaban J connectivity index is 2.60. The summed E-state index contributed by atoms with van der Waals surface area (Å²) in [6, 6.07) is 6.95. The van der Waals surface area contributed by atoms with Gasteiger partial charge in [0.25, 0.3) is 0 Å². The Morgan fingerprint density at radius 1 is 0.826 bits per heavy atom. The van der Waals surface area contributed by atoms with Gasteiger partial charge >= 0.3 is 0 Å². The molecule has 1 aromatic rings. The van der Waals surface area contributed by atoms with Gasteiger partial charge in [-0.1, -0.05) is 59.7 Å². The van der Waals surface area contributed by atoms with E-state index in [1.807, 2.05) is 0 Å².